The van der Waals surface area contributed by atoms with Gasteiger partial charge in [-0.05, 0) is 18.6 Å². The first-order valence-corrected chi connectivity index (χ1v) is 8.36. The van der Waals surface area contributed by atoms with Crippen molar-refractivity contribution in [1.82, 2.24) is 14.9 Å². The van der Waals surface area contributed by atoms with E-state index in [2.05, 4.69) is 9.97 Å². The number of H-pyrrole nitrogens is 1. The maximum atomic E-state index is 13.5. The predicted octanol–water partition coefficient (Wildman–Crippen LogP) is 2.78. The van der Waals surface area contributed by atoms with Crippen LogP contribution in [0.4, 0.5) is 4.39 Å². The molecule has 128 valence electrons. The van der Waals surface area contributed by atoms with E-state index in [1.54, 1.807) is 0 Å². The van der Waals surface area contributed by atoms with Crippen molar-refractivity contribution in [2.24, 2.45) is 0 Å². The Bertz CT molecular complexity index is 822. The Kier molecular flexibility index (Phi) is 4.87. The molecule has 0 bridgehead atoms. The summed E-state index contributed by atoms with van der Waals surface area (Å²) in [5.41, 5.74) is 1.77. The first kappa shape index (κ1) is 16.9. The second kappa shape index (κ2) is 6.91. The Balaban J connectivity index is 1.82. The maximum Gasteiger partial charge on any atom is 0.255 e. The fraction of sp³-hybridized carbons (Fsp3) is 0.412. The van der Waals surface area contributed by atoms with Crippen LogP contribution in [0.25, 0.3) is 0 Å². The van der Waals surface area contributed by atoms with Crippen molar-refractivity contribution in [1.29, 1.82) is 0 Å². The number of hydrogen-bond acceptors (Lipinski definition) is 4. The molecule has 0 unspecified atom stereocenters. The van der Waals surface area contributed by atoms with E-state index in [9.17, 15) is 14.3 Å². The molecule has 2 aromatic rings. The lowest BCUT2D eigenvalue weighted by Gasteiger charge is -2.28. The van der Waals surface area contributed by atoms with Gasteiger partial charge in [0.1, 0.15) is 17.4 Å². The number of benzene rings is 1. The molecule has 0 fully saturated rings. The lowest BCUT2D eigenvalue weighted by Crippen LogP contribution is -2.35. The third-order valence-electron chi connectivity index (χ3n) is 4.18. The largest absolute Gasteiger partial charge is 0.506 e. The highest BCUT2D eigenvalue weighted by Gasteiger charge is 2.22. The number of aromatic amines is 1. The van der Waals surface area contributed by atoms with Crippen molar-refractivity contribution in [2.45, 2.75) is 39.3 Å². The number of aromatic nitrogens is 2. The summed E-state index contributed by atoms with van der Waals surface area (Å²) in [5.74, 6) is 0.118. The molecule has 0 saturated carbocycles. The number of phenolic OH excluding ortho intramolecular Hbond substituents is 1. The highest BCUT2D eigenvalue weighted by atomic mass is 35.5. The van der Waals surface area contributed by atoms with Crippen LogP contribution in [0.15, 0.2) is 16.9 Å². The zero-order chi connectivity index (χ0) is 17.3. The Morgan fingerprint density at radius 1 is 1.46 bits per heavy atom. The van der Waals surface area contributed by atoms with Crippen molar-refractivity contribution in [2.75, 3.05) is 6.54 Å². The minimum atomic E-state index is -0.492. The van der Waals surface area contributed by atoms with Gasteiger partial charge < -0.3 is 10.1 Å². The number of aromatic hydroxyl groups is 1. The summed E-state index contributed by atoms with van der Waals surface area (Å²) in [5, 5.41) is 9.98. The van der Waals surface area contributed by atoms with E-state index >= 15 is 0 Å². The van der Waals surface area contributed by atoms with E-state index in [0.29, 0.717) is 37.2 Å². The number of nitrogens with zero attached hydrogens (tertiary/aromatic N) is 2. The molecular formula is C17H19ClFN3O2. The Hall–Kier alpha value is -1.92. The van der Waals surface area contributed by atoms with Gasteiger partial charge in [0.25, 0.3) is 5.56 Å². The van der Waals surface area contributed by atoms with E-state index in [4.69, 9.17) is 11.6 Å². The van der Waals surface area contributed by atoms with Crippen LogP contribution >= 0.6 is 11.6 Å². The molecule has 3 rings (SSSR count). The monoisotopic (exact) mass is 351 g/mol. The third-order valence-corrected chi connectivity index (χ3v) is 4.47. The molecule has 0 radical (unpaired) electrons. The Labute approximate surface area is 144 Å². The number of nitrogens with one attached hydrogen (secondary N) is 1. The van der Waals surface area contributed by atoms with Crippen LogP contribution in [0, 0.1) is 5.82 Å². The molecule has 1 aliphatic rings. The molecule has 5 nitrogen and oxygen atoms in total. The van der Waals surface area contributed by atoms with Gasteiger partial charge in [-0.25, -0.2) is 9.37 Å². The summed E-state index contributed by atoms with van der Waals surface area (Å²) in [6.45, 7) is 3.46. The zero-order valence-electron chi connectivity index (χ0n) is 13.4. The molecule has 0 saturated heterocycles. The van der Waals surface area contributed by atoms with Gasteiger partial charge in [0.15, 0.2) is 0 Å². The van der Waals surface area contributed by atoms with Gasteiger partial charge in [0, 0.05) is 38.0 Å². The van der Waals surface area contributed by atoms with E-state index in [-0.39, 0.29) is 16.3 Å². The summed E-state index contributed by atoms with van der Waals surface area (Å²) >= 11 is 5.82. The summed E-state index contributed by atoms with van der Waals surface area (Å²) in [7, 11) is 0. The molecule has 24 heavy (non-hydrogen) atoms. The lowest BCUT2D eigenvalue weighted by molar-refractivity contribution is 0.238. The van der Waals surface area contributed by atoms with E-state index < -0.39 is 5.82 Å². The van der Waals surface area contributed by atoms with Crippen LogP contribution in [0.5, 0.6) is 5.75 Å². The van der Waals surface area contributed by atoms with Gasteiger partial charge in [-0.1, -0.05) is 18.5 Å². The van der Waals surface area contributed by atoms with Crippen molar-refractivity contribution in [3.05, 3.63) is 56.0 Å². The first-order valence-electron chi connectivity index (χ1n) is 7.98. The second-order valence-electron chi connectivity index (χ2n) is 6.04. The third kappa shape index (κ3) is 3.44. The molecule has 0 amide bonds. The van der Waals surface area contributed by atoms with Gasteiger partial charge in [-0.15, -0.1) is 0 Å². The lowest BCUT2D eigenvalue weighted by atomic mass is 10.1. The summed E-state index contributed by atoms with van der Waals surface area (Å²) < 4.78 is 13.5. The number of fused-ring (bicyclic) bond motifs is 1. The standard InChI is InChI=1S/C17H19ClFN3O2/c1-2-3-15-20-14-4-5-22(9-12(14)17(24)21-15)8-10-6-11(19)7-13(18)16(10)23/h6-7,23H,2-5,8-9H2,1H3,(H,20,21,24). The average Bonchev–Trinajstić information content (AvgIpc) is 2.53. The average molecular weight is 352 g/mol. The smallest absolute Gasteiger partial charge is 0.255 e. The van der Waals surface area contributed by atoms with Crippen LogP contribution in [-0.4, -0.2) is 26.5 Å². The number of hydrogen-bond donors (Lipinski definition) is 2. The van der Waals surface area contributed by atoms with E-state index in [0.717, 1.165) is 30.4 Å². The Morgan fingerprint density at radius 3 is 3.00 bits per heavy atom. The number of phenols is 1. The normalized spacial score (nSPS) is 14.6. The molecule has 2 N–H and O–H groups in total. The molecule has 7 heteroatoms. The summed E-state index contributed by atoms with van der Waals surface area (Å²) in [4.78, 5) is 21.6. The van der Waals surface area contributed by atoms with Gasteiger partial charge in [0.2, 0.25) is 0 Å². The molecule has 1 aromatic carbocycles. The SMILES string of the molecule is CCCc1nc2c(c(=O)[nH]1)CN(Cc1cc(F)cc(Cl)c1O)CC2. The topological polar surface area (TPSA) is 69.2 Å². The number of rotatable bonds is 4. The van der Waals surface area contributed by atoms with Crippen LogP contribution in [0.2, 0.25) is 5.02 Å². The van der Waals surface area contributed by atoms with Gasteiger partial charge in [-0.3, -0.25) is 9.69 Å². The minimum absolute atomic E-state index is 0.00821. The highest BCUT2D eigenvalue weighted by Crippen LogP contribution is 2.30. The number of halogens is 2. The zero-order valence-corrected chi connectivity index (χ0v) is 14.2. The van der Waals surface area contributed by atoms with Crippen LogP contribution in [0.1, 0.15) is 36.0 Å². The van der Waals surface area contributed by atoms with Crippen molar-refractivity contribution < 1.29 is 9.50 Å². The fourth-order valence-electron chi connectivity index (χ4n) is 3.00. The molecule has 1 aliphatic heterocycles. The van der Waals surface area contributed by atoms with Crippen LogP contribution in [-0.2, 0) is 25.9 Å². The van der Waals surface area contributed by atoms with Crippen LogP contribution < -0.4 is 5.56 Å². The van der Waals surface area contributed by atoms with Crippen molar-refractivity contribution in [3.63, 3.8) is 0 Å². The Morgan fingerprint density at radius 2 is 2.25 bits per heavy atom. The highest BCUT2D eigenvalue weighted by molar-refractivity contribution is 6.32. The molecular weight excluding hydrogens is 333 g/mol. The fourth-order valence-corrected chi connectivity index (χ4v) is 3.23. The summed E-state index contributed by atoms with van der Waals surface area (Å²) in [6.07, 6.45) is 2.33. The maximum absolute atomic E-state index is 13.5. The second-order valence-corrected chi connectivity index (χ2v) is 6.45. The van der Waals surface area contributed by atoms with E-state index in [1.807, 2.05) is 11.8 Å². The molecule has 1 aromatic heterocycles. The number of aryl methyl sites for hydroxylation is 1. The van der Waals surface area contributed by atoms with Gasteiger partial charge >= 0.3 is 0 Å². The van der Waals surface area contributed by atoms with Crippen molar-refractivity contribution >= 4 is 11.6 Å². The van der Waals surface area contributed by atoms with Crippen molar-refractivity contribution in [3.8, 4) is 5.75 Å². The van der Waals surface area contributed by atoms with Gasteiger partial charge in [0.05, 0.1) is 16.3 Å². The van der Waals surface area contributed by atoms with Gasteiger partial charge in [-0.2, -0.15) is 0 Å². The predicted molar refractivity (Wildman–Crippen MR) is 89.7 cm³/mol. The van der Waals surface area contributed by atoms with Crippen LogP contribution in [0.3, 0.4) is 0 Å². The molecule has 0 spiro atoms. The molecule has 0 aliphatic carbocycles. The summed E-state index contributed by atoms with van der Waals surface area (Å²) in [6, 6.07) is 2.35. The van der Waals surface area contributed by atoms with E-state index in [1.165, 1.54) is 6.07 Å². The first-order chi connectivity index (χ1) is 11.5. The quantitative estimate of drug-likeness (QED) is 0.888. The minimum Gasteiger partial charge on any atom is -0.506 e. The molecule has 0 atom stereocenters. The molecule has 2 heterocycles.